The van der Waals surface area contributed by atoms with E-state index in [1.807, 2.05) is 6.07 Å². The molecule has 1 aliphatic carbocycles. The second-order valence-corrected chi connectivity index (χ2v) is 4.62. The smallest absolute Gasteiger partial charge is 0.119 e. The van der Waals surface area contributed by atoms with Gasteiger partial charge >= 0.3 is 0 Å². The van der Waals surface area contributed by atoms with Crippen LogP contribution in [-0.2, 0) is 6.42 Å². The summed E-state index contributed by atoms with van der Waals surface area (Å²) in [6.07, 6.45) is 5.18. The molecule has 1 aliphatic rings. The van der Waals surface area contributed by atoms with Crippen molar-refractivity contribution in [3.63, 3.8) is 0 Å². The summed E-state index contributed by atoms with van der Waals surface area (Å²) in [5, 5.41) is 3.43. The number of ether oxygens (including phenoxy) is 1. The molecule has 1 fully saturated rings. The number of hydrogen-bond acceptors (Lipinski definition) is 2. The predicted octanol–water partition coefficient (Wildman–Crippen LogP) is 2.63. The zero-order valence-electron chi connectivity index (χ0n) is 10.2. The molecule has 1 aromatic rings. The Labute approximate surface area is 98.0 Å². The van der Waals surface area contributed by atoms with Gasteiger partial charge in [-0.15, -0.1) is 0 Å². The van der Waals surface area contributed by atoms with Crippen LogP contribution in [0.5, 0.6) is 5.75 Å². The van der Waals surface area contributed by atoms with Crippen molar-refractivity contribution in [1.29, 1.82) is 0 Å². The highest BCUT2D eigenvalue weighted by Crippen LogP contribution is 2.34. The maximum atomic E-state index is 5.23. The molecule has 2 heteroatoms. The topological polar surface area (TPSA) is 21.3 Å². The molecule has 1 atom stereocenters. The first-order valence-electron chi connectivity index (χ1n) is 6.13. The van der Waals surface area contributed by atoms with Crippen molar-refractivity contribution in [3.8, 4) is 5.75 Å². The average molecular weight is 219 g/mol. The van der Waals surface area contributed by atoms with Crippen LogP contribution in [0.25, 0.3) is 0 Å². The molecule has 0 radical (unpaired) electrons. The van der Waals surface area contributed by atoms with Gasteiger partial charge in [-0.25, -0.2) is 0 Å². The highest BCUT2D eigenvalue weighted by molar-refractivity contribution is 5.28. The van der Waals surface area contributed by atoms with E-state index in [4.69, 9.17) is 4.74 Å². The Bertz CT molecular complexity index is 333. The molecule has 0 aromatic heterocycles. The minimum Gasteiger partial charge on any atom is -0.497 e. The summed E-state index contributed by atoms with van der Waals surface area (Å²) in [6.45, 7) is 0. The quantitative estimate of drug-likeness (QED) is 0.794. The molecule has 16 heavy (non-hydrogen) atoms. The van der Waals surface area contributed by atoms with E-state index in [-0.39, 0.29) is 0 Å². The lowest BCUT2D eigenvalue weighted by Gasteiger charge is -2.15. The highest BCUT2D eigenvalue weighted by Gasteiger charge is 2.29. The Morgan fingerprint density at radius 2 is 2.25 bits per heavy atom. The van der Waals surface area contributed by atoms with Crippen LogP contribution in [0, 0.1) is 5.92 Å². The first kappa shape index (κ1) is 11.5. The molecule has 0 saturated heterocycles. The maximum absolute atomic E-state index is 5.23. The van der Waals surface area contributed by atoms with E-state index in [1.54, 1.807) is 7.11 Å². The Kier molecular flexibility index (Phi) is 3.83. The molecule has 0 spiro atoms. The SMILES string of the molecule is CNC(CCc1cccc(OC)c1)C1CC1. The summed E-state index contributed by atoms with van der Waals surface area (Å²) in [5.74, 6) is 1.89. The lowest BCUT2D eigenvalue weighted by Crippen LogP contribution is -2.27. The largest absolute Gasteiger partial charge is 0.497 e. The second kappa shape index (κ2) is 5.35. The highest BCUT2D eigenvalue weighted by atomic mass is 16.5. The zero-order chi connectivity index (χ0) is 11.4. The van der Waals surface area contributed by atoms with Crippen molar-refractivity contribution in [2.24, 2.45) is 5.92 Å². The van der Waals surface area contributed by atoms with E-state index >= 15 is 0 Å². The van der Waals surface area contributed by atoms with Gasteiger partial charge in [-0.1, -0.05) is 12.1 Å². The van der Waals surface area contributed by atoms with Gasteiger partial charge in [0.15, 0.2) is 0 Å². The molecule has 0 amide bonds. The van der Waals surface area contributed by atoms with Crippen LogP contribution in [0.2, 0.25) is 0 Å². The van der Waals surface area contributed by atoms with Gasteiger partial charge in [-0.2, -0.15) is 0 Å². The van der Waals surface area contributed by atoms with Crippen molar-refractivity contribution >= 4 is 0 Å². The fourth-order valence-electron chi connectivity index (χ4n) is 2.26. The van der Waals surface area contributed by atoms with Crippen LogP contribution in [0.1, 0.15) is 24.8 Å². The molecule has 0 bridgehead atoms. The van der Waals surface area contributed by atoms with Gasteiger partial charge in [0, 0.05) is 6.04 Å². The molecule has 88 valence electrons. The summed E-state index contributed by atoms with van der Waals surface area (Å²) in [7, 11) is 3.80. The van der Waals surface area contributed by atoms with Gasteiger partial charge in [0.05, 0.1) is 7.11 Å². The zero-order valence-corrected chi connectivity index (χ0v) is 10.2. The van der Waals surface area contributed by atoms with Gasteiger partial charge in [-0.05, 0) is 56.3 Å². The normalized spacial score (nSPS) is 17.1. The summed E-state index contributed by atoms with van der Waals surface area (Å²) in [6, 6.07) is 9.09. The van der Waals surface area contributed by atoms with Crippen LogP contribution >= 0.6 is 0 Å². The van der Waals surface area contributed by atoms with Crippen LogP contribution in [0.3, 0.4) is 0 Å². The van der Waals surface area contributed by atoms with Crippen molar-refractivity contribution in [2.45, 2.75) is 31.7 Å². The molecule has 1 aromatic carbocycles. The average Bonchev–Trinajstić information content (AvgIpc) is 3.15. The molecular weight excluding hydrogens is 198 g/mol. The molecule has 1 N–H and O–H groups in total. The number of rotatable bonds is 6. The lowest BCUT2D eigenvalue weighted by atomic mass is 10.0. The fourth-order valence-corrected chi connectivity index (χ4v) is 2.26. The van der Waals surface area contributed by atoms with Crippen LogP contribution in [-0.4, -0.2) is 20.2 Å². The van der Waals surface area contributed by atoms with Crippen molar-refractivity contribution in [3.05, 3.63) is 29.8 Å². The third-order valence-electron chi connectivity index (χ3n) is 3.44. The number of hydrogen-bond donors (Lipinski definition) is 1. The fraction of sp³-hybridized carbons (Fsp3) is 0.571. The van der Waals surface area contributed by atoms with Gasteiger partial charge < -0.3 is 10.1 Å². The van der Waals surface area contributed by atoms with Crippen LogP contribution in [0.15, 0.2) is 24.3 Å². The van der Waals surface area contributed by atoms with Crippen LogP contribution in [0.4, 0.5) is 0 Å². The summed E-state index contributed by atoms with van der Waals surface area (Å²) in [4.78, 5) is 0. The van der Waals surface area contributed by atoms with Gasteiger partial charge in [-0.3, -0.25) is 0 Å². The molecular formula is C14H21NO. The Morgan fingerprint density at radius 1 is 1.44 bits per heavy atom. The van der Waals surface area contributed by atoms with Crippen LogP contribution < -0.4 is 10.1 Å². The monoisotopic (exact) mass is 219 g/mol. The van der Waals surface area contributed by atoms with Crippen molar-refractivity contribution in [2.75, 3.05) is 14.2 Å². The molecule has 0 aliphatic heterocycles. The van der Waals surface area contributed by atoms with Gasteiger partial charge in [0.1, 0.15) is 5.75 Å². The molecule has 1 saturated carbocycles. The minimum absolute atomic E-state index is 0.700. The maximum Gasteiger partial charge on any atom is 0.119 e. The van der Waals surface area contributed by atoms with E-state index in [1.165, 1.54) is 24.8 Å². The molecule has 2 nitrogen and oxygen atoms in total. The number of methoxy groups -OCH3 is 1. The van der Waals surface area contributed by atoms with Gasteiger partial charge in [0.2, 0.25) is 0 Å². The van der Waals surface area contributed by atoms with Crippen molar-refractivity contribution in [1.82, 2.24) is 5.32 Å². The first-order chi connectivity index (χ1) is 7.83. The summed E-state index contributed by atoms with van der Waals surface area (Å²) < 4.78 is 5.23. The van der Waals surface area contributed by atoms with E-state index < -0.39 is 0 Å². The molecule has 0 heterocycles. The standard InChI is InChI=1S/C14H21NO/c1-15-14(12-7-8-12)9-6-11-4-3-5-13(10-11)16-2/h3-5,10,12,14-15H,6-9H2,1-2H3. The van der Waals surface area contributed by atoms with E-state index in [0.717, 1.165) is 18.1 Å². The van der Waals surface area contributed by atoms with Crippen molar-refractivity contribution < 1.29 is 4.74 Å². The minimum atomic E-state index is 0.700. The Morgan fingerprint density at radius 3 is 2.88 bits per heavy atom. The Balaban J connectivity index is 1.87. The third-order valence-corrected chi connectivity index (χ3v) is 3.44. The number of aryl methyl sites for hydroxylation is 1. The van der Waals surface area contributed by atoms with Gasteiger partial charge in [0.25, 0.3) is 0 Å². The first-order valence-corrected chi connectivity index (χ1v) is 6.13. The molecule has 1 unspecified atom stereocenters. The Hall–Kier alpha value is -1.02. The van der Waals surface area contributed by atoms with E-state index in [2.05, 4.69) is 30.6 Å². The lowest BCUT2D eigenvalue weighted by molar-refractivity contribution is 0.413. The van der Waals surface area contributed by atoms with E-state index in [0.29, 0.717) is 6.04 Å². The predicted molar refractivity (Wildman–Crippen MR) is 66.9 cm³/mol. The summed E-state index contributed by atoms with van der Waals surface area (Å²) in [5.41, 5.74) is 1.38. The third kappa shape index (κ3) is 2.99. The summed E-state index contributed by atoms with van der Waals surface area (Å²) >= 11 is 0. The van der Waals surface area contributed by atoms with E-state index in [9.17, 15) is 0 Å². The molecule has 2 rings (SSSR count). The number of nitrogens with one attached hydrogen (secondary N) is 1. The number of benzene rings is 1. The second-order valence-electron chi connectivity index (χ2n) is 4.62.